The first-order chi connectivity index (χ1) is 9.88. The minimum Gasteiger partial charge on any atom is -0.872 e. The van der Waals surface area contributed by atoms with Crippen LogP contribution in [0.4, 0.5) is 0 Å². The largest absolute Gasteiger partial charge is 0.872 e. The van der Waals surface area contributed by atoms with Crippen LogP contribution in [0.25, 0.3) is 0 Å². The first kappa shape index (κ1) is 16.4. The number of nitrogens with one attached hydrogen (secondary N) is 2. The molecule has 0 aliphatic heterocycles. The van der Waals surface area contributed by atoms with Crippen molar-refractivity contribution in [1.29, 1.82) is 0 Å². The van der Waals surface area contributed by atoms with Gasteiger partial charge in [-0.1, -0.05) is 24.3 Å². The summed E-state index contributed by atoms with van der Waals surface area (Å²) in [6, 6.07) is 5.04. The molecule has 0 saturated carbocycles. The summed E-state index contributed by atoms with van der Waals surface area (Å²) in [7, 11) is 0. The molecular formula is C13H16N3O5-. The summed E-state index contributed by atoms with van der Waals surface area (Å²) in [5.41, 5.74) is 6.41. The molecule has 0 radical (unpaired) electrons. The molecule has 0 aromatic heterocycles. The molecule has 21 heavy (non-hydrogen) atoms. The average molecular weight is 294 g/mol. The van der Waals surface area contributed by atoms with Gasteiger partial charge in [0.05, 0.1) is 12.6 Å². The predicted molar refractivity (Wildman–Crippen MR) is 71.2 cm³/mol. The van der Waals surface area contributed by atoms with Crippen molar-refractivity contribution < 1.29 is 24.6 Å². The summed E-state index contributed by atoms with van der Waals surface area (Å²) < 4.78 is 0. The fourth-order valence-corrected chi connectivity index (χ4v) is 1.51. The number of benzene rings is 1. The molecule has 1 aromatic carbocycles. The number of carboxylic acid groups (broad SMARTS) is 1. The smallest absolute Gasteiger partial charge is 0.322 e. The molecule has 0 saturated heterocycles. The van der Waals surface area contributed by atoms with Crippen LogP contribution in [0.2, 0.25) is 0 Å². The summed E-state index contributed by atoms with van der Waals surface area (Å²) in [6.45, 7) is -0.860. The second-order valence-electron chi connectivity index (χ2n) is 4.34. The van der Waals surface area contributed by atoms with Gasteiger partial charge in [-0.15, -0.1) is 5.75 Å². The quantitative estimate of drug-likeness (QED) is 0.455. The normalized spacial score (nSPS) is 11.5. The molecule has 1 aromatic rings. The van der Waals surface area contributed by atoms with Crippen LogP contribution in [-0.4, -0.2) is 42.0 Å². The molecular weight excluding hydrogens is 278 g/mol. The molecule has 5 N–H and O–H groups in total. The highest BCUT2D eigenvalue weighted by Gasteiger charge is 2.15. The molecule has 1 atom stereocenters. The third-order valence-electron chi connectivity index (χ3n) is 2.58. The first-order valence-electron chi connectivity index (χ1n) is 6.16. The van der Waals surface area contributed by atoms with Crippen molar-refractivity contribution in [2.24, 2.45) is 5.73 Å². The number of aliphatic carboxylic acids is 1. The maximum Gasteiger partial charge on any atom is 0.322 e. The number of hydrogen-bond acceptors (Lipinski definition) is 5. The Hall–Kier alpha value is -2.61. The third-order valence-corrected chi connectivity index (χ3v) is 2.58. The number of amides is 2. The maximum absolute atomic E-state index is 11.7. The number of hydrogen-bond donors (Lipinski definition) is 4. The summed E-state index contributed by atoms with van der Waals surface area (Å²) >= 11 is 0. The van der Waals surface area contributed by atoms with E-state index in [1.807, 2.05) is 0 Å². The van der Waals surface area contributed by atoms with E-state index in [1.165, 1.54) is 12.1 Å². The van der Waals surface area contributed by atoms with Crippen LogP contribution in [0.3, 0.4) is 0 Å². The SMILES string of the molecule is N[C@@H](Cc1ccc([O-])cc1)C(=O)NCC(=O)NCC(=O)O. The standard InChI is InChI=1S/C13H17N3O5/c14-10(5-8-1-3-9(17)4-2-8)13(21)16-6-11(18)15-7-12(19)20/h1-4,10,17H,5-7,14H2,(H,15,18)(H,16,21)(H,19,20)/p-1/t10-/m0/s1. The molecule has 0 fully saturated rings. The topological polar surface area (TPSA) is 145 Å². The molecule has 8 heteroatoms. The molecule has 1 rings (SSSR count). The second kappa shape index (κ2) is 7.85. The van der Waals surface area contributed by atoms with Gasteiger partial charge in [0.25, 0.3) is 0 Å². The Morgan fingerprint density at radius 3 is 2.33 bits per heavy atom. The second-order valence-corrected chi connectivity index (χ2v) is 4.34. The number of carboxylic acids is 1. The van der Waals surface area contributed by atoms with Crippen molar-refractivity contribution in [3.05, 3.63) is 29.8 Å². The van der Waals surface area contributed by atoms with Crippen molar-refractivity contribution in [2.45, 2.75) is 12.5 Å². The number of nitrogens with two attached hydrogens (primary N) is 1. The van der Waals surface area contributed by atoms with Crippen molar-refractivity contribution in [1.82, 2.24) is 10.6 Å². The Morgan fingerprint density at radius 2 is 1.76 bits per heavy atom. The van der Waals surface area contributed by atoms with Gasteiger partial charge in [0.15, 0.2) is 0 Å². The van der Waals surface area contributed by atoms with Crippen LogP contribution < -0.4 is 21.5 Å². The molecule has 0 aliphatic carbocycles. The zero-order valence-corrected chi connectivity index (χ0v) is 11.2. The van der Waals surface area contributed by atoms with Crippen LogP contribution in [0.1, 0.15) is 5.56 Å². The van der Waals surface area contributed by atoms with Crippen LogP contribution in [-0.2, 0) is 20.8 Å². The van der Waals surface area contributed by atoms with Gasteiger partial charge < -0.3 is 26.6 Å². The zero-order chi connectivity index (χ0) is 15.8. The lowest BCUT2D eigenvalue weighted by molar-refractivity contribution is -0.268. The minimum absolute atomic E-state index is 0.133. The van der Waals surface area contributed by atoms with E-state index in [1.54, 1.807) is 12.1 Å². The van der Waals surface area contributed by atoms with Crippen LogP contribution in [0.5, 0.6) is 5.75 Å². The maximum atomic E-state index is 11.7. The van der Waals surface area contributed by atoms with Crippen LogP contribution in [0, 0.1) is 0 Å². The van der Waals surface area contributed by atoms with Gasteiger partial charge in [0, 0.05) is 0 Å². The summed E-state index contributed by atoms with van der Waals surface area (Å²) in [4.78, 5) is 33.1. The van der Waals surface area contributed by atoms with Gasteiger partial charge in [-0.3, -0.25) is 14.4 Å². The van der Waals surface area contributed by atoms with E-state index in [-0.39, 0.29) is 18.7 Å². The monoisotopic (exact) mass is 294 g/mol. The highest BCUT2D eigenvalue weighted by Crippen LogP contribution is 2.08. The fraction of sp³-hybridized carbons (Fsp3) is 0.308. The van der Waals surface area contributed by atoms with E-state index in [0.29, 0.717) is 0 Å². The van der Waals surface area contributed by atoms with E-state index in [4.69, 9.17) is 10.8 Å². The van der Waals surface area contributed by atoms with E-state index >= 15 is 0 Å². The van der Waals surface area contributed by atoms with Gasteiger partial charge in [0.2, 0.25) is 11.8 Å². The fourth-order valence-electron chi connectivity index (χ4n) is 1.51. The lowest BCUT2D eigenvalue weighted by Crippen LogP contribution is -2.46. The Morgan fingerprint density at radius 1 is 1.14 bits per heavy atom. The van der Waals surface area contributed by atoms with Gasteiger partial charge in [0.1, 0.15) is 6.54 Å². The highest BCUT2D eigenvalue weighted by atomic mass is 16.4. The van der Waals surface area contributed by atoms with E-state index < -0.39 is 30.4 Å². The van der Waals surface area contributed by atoms with E-state index in [0.717, 1.165) is 5.56 Å². The average Bonchev–Trinajstić information content (AvgIpc) is 2.44. The number of rotatable bonds is 7. The van der Waals surface area contributed by atoms with Crippen LogP contribution >= 0.6 is 0 Å². The Kier molecular flexibility index (Phi) is 6.15. The molecule has 8 nitrogen and oxygen atoms in total. The molecule has 114 valence electrons. The van der Waals surface area contributed by atoms with Gasteiger partial charge in [-0.2, -0.15) is 0 Å². The number of carbonyl (C=O) groups excluding carboxylic acids is 2. The Labute approximate surface area is 120 Å². The summed E-state index contributed by atoms with van der Waals surface area (Å²) in [6.07, 6.45) is 0.225. The van der Waals surface area contributed by atoms with E-state index in [9.17, 15) is 19.5 Å². The van der Waals surface area contributed by atoms with Crippen molar-refractivity contribution in [2.75, 3.05) is 13.1 Å². The molecule has 2 amide bonds. The van der Waals surface area contributed by atoms with Crippen molar-refractivity contribution >= 4 is 17.8 Å². The van der Waals surface area contributed by atoms with Crippen molar-refractivity contribution in [3.63, 3.8) is 0 Å². The van der Waals surface area contributed by atoms with Crippen LogP contribution in [0.15, 0.2) is 24.3 Å². The Balaban J connectivity index is 2.35. The third kappa shape index (κ3) is 6.39. The lowest BCUT2D eigenvalue weighted by Gasteiger charge is -2.13. The van der Waals surface area contributed by atoms with Gasteiger partial charge in [-0.25, -0.2) is 0 Å². The summed E-state index contributed by atoms with van der Waals surface area (Å²) in [5.74, 6) is -2.46. The molecule has 0 bridgehead atoms. The van der Waals surface area contributed by atoms with Crippen molar-refractivity contribution in [3.8, 4) is 5.75 Å². The summed E-state index contributed by atoms with van der Waals surface area (Å²) in [5, 5.41) is 23.7. The molecule has 0 aliphatic rings. The van der Waals surface area contributed by atoms with Gasteiger partial charge >= 0.3 is 5.97 Å². The first-order valence-corrected chi connectivity index (χ1v) is 6.16. The van der Waals surface area contributed by atoms with Gasteiger partial charge in [-0.05, 0) is 12.0 Å². The zero-order valence-electron chi connectivity index (χ0n) is 11.2. The lowest BCUT2D eigenvalue weighted by atomic mass is 10.1. The number of carbonyl (C=O) groups is 3. The minimum atomic E-state index is -1.17. The Bertz CT molecular complexity index is 515. The molecule has 0 unspecified atom stereocenters. The van der Waals surface area contributed by atoms with E-state index in [2.05, 4.69) is 10.6 Å². The molecule has 0 spiro atoms. The highest BCUT2D eigenvalue weighted by molar-refractivity contribution is 5.88. The predicted octanol–water partition coefficient (Wildman–Crippen LogP) is -2.05. The molecule has 0 heterocycles.